The summed E-state index contributed by atoms with van der Waals surface area (Å²) in [5, 5.41) is 0. The maximum absolute atomic E-state index is 11.7. The maximum Gasteiger partial charge on any atom is 0.306 e. The summed E-state index contributed by atoms with van der Waals surface area (Å²) in [7, 11) is 2.07. The topological polar surface area (TPSA) is 29.5 Å². The molecule has 0 saturated carbocycles. The van der Waals surface area contributed by atoms with Crippen LogP contribution in [0.25, 0.3) is 0 Å². The number of hydrogen-bond acceptors (Lipinski definition) is 3. The normalized spacial score (nSPS) is 10.6. The first-order valence-corrected chi connectivity index (χ1v) is 7.66. The molecule has 0 aliphatic carbocycles. The van der Waals surface area contributed by atoms with E-state index in [1.165, 1.54) is 5.56 Å². The zero-order valence-corrected chi connectivity index (χ0v) is 13.1. The van der Waals surface area contributed by atoms with Crippen LogP contribution in [0.15, 0.2) is 60.7 Å². The van der Waals surface area contributed by atoms with Gasteiger partial charge in [0.2, 0.25) is 0 Å². The van der Waals surface area contributed by atoms with Crippen molar-refractivity contribution in [2.24, 2.45) is 0 Å². The predicted octanol–water partition coefficient (Wildman–Crippen LogP) is 3.64. The van der Waals surface area contributed by atoms with Crippen LogP contribution in [0.3, 0.4) is 0 Å². The summed E-state index contributed by atoms with van der Waals surface area (Å²) in [4.78, 5) is 13.9. The van der Waals surface area contributed by atoms with Crippen LogP contribution in [0.1, 0.15) is 24.0 Å². The van der Waals surface area contributed by atoms with Crippen molar-refractivity contribution in [2.75, 3.05) is 13.6 Å². The van der Waals surface area contributed by atoms with E-state index in [9.17, 15) is 4.79 Å². The molecule has 2 aromatic carbocycles. The Hall–Kier alpha value is -2.13. The van der Waals surface area contributed by atoms with Gasteiger partial charge in [-0.2, -0.15) is 0 Å². The molecule has 0 aliphatic heterocycles. The van der Waals surface area contributed by atoms with Crippen molar-refractivity contribution in [1.29, 1.82) is 0 Å². The number of ether oxygens (including phenoxy) is 1. The molecule has 0 fully saturated rings. The maximum atomic E-state index is 11.7. The minimum absolute atomic E-state index is 0.128. The Labute approximate surface area is 132 Å². The number of rotatable bonds is 8. The molecule has 3 heteroatoms. The average Bonchev–Trinajstić information content (AvgIpc) is 2.55. The molecule has 0 bridgehead atoms. The van der Waals surface area contributed by atoms with E-state index in [4.69, 9.17) is 4.74 Å². The Morgan fingerprint density at radius 2 is 1.55 bits per heavy atom. The van der Waals surface area contributed by atoms with Crippen molar-refractivity contribution < 1.29 is 9.53 Å². The highest BCUT2D eigenvalue weighted by Gasteiger charge is 2.05. The fourth-order valence-electron chi connectivity index (χ4n) is 2.28. The van der Waals surface area contributed by atoms with Gasteiger partial charge in [0.25, 0.3) is 0 Å². The standard InChI is InChI=1S/C19H23NO2/c1-20(15-17-9-4-2-5-10-17)14-8-13-19(21)22-16-18-11-6-3-7-12-18/h2-7,9-12H,8,13-16H2,1H3. The average molecular weight is 297 g/mol. The lowest BCUT2D eigenvalue weighted by Gasteiger charge is -2.16. The van der Waals surface area contributed by atoms with Gasteiger partial charge in [-0.15, -0.1) is 0 Å². The third-order valence-corrected chi connectivity index (χ3v) is 3.46. The summed E-state index contributed by atoms with van der Waals surface area (Å²) in [6.07, 6.45) is 1.28. The van der Waals surface area contributed by atoms with E-state index >= 15 is 0 Å². The molecule has 0 atom stereocenters. The number of benzene rings is 2. The van der Waals surface area contributed by atoms with Gasteiger partial charge < -0.3 is 9.64 Å². The first kappa shape index (κ1) is 16.2. The third-order valence-electron chi connectivity index (χ3n) is 3.46. The summed E-state index contributed by atoms with van der Waals surface area (Å²) in [5.41, 5.74) is 2.31. The van der Waals surface area contributed by atoms with Crippen molar-refractivity contribution in [2.45, 2.75) is 26.0 Å². The van der Waals surface area contributed by atoms with Crippen molar-refractivity contribution in [3.05, 3.63) is 71.8 Å². The number of nitrogens with zero attached hydrogens (tertiary/aromatic N) is 1. The molecule has 0 heterocycles. The summed E-state index contributed by atoms with van der Waals surface area (Å²) in [6.45, 7) is 2.15. The van der Waals surface area contributed by atoms with Gasteiger partial charge >= 0.3 is 5.97 Å². The molecular weight excluding hydrogens is 274 g/mol. The van der Waals surface area contributed by atoms with Crippen LogP contribution in [0.4, 0.5) is 0 Å². The van der Waals surface area contributed by atoms with E-state index in [-0.39, 0.29) is 5.97 Å². The molecule has 3 nitrogen and oxygen atoms in total. The molecule has 0 saturated heterocycles. The van der Waals surface area contributed by atoms with E-state index in [1.807, 2.05) is 48.5 Å². The Kier molecular flexibility index (Phi) is 6.65. The van der Waals surface area contributed by atoms with Crippen LogP contribution >= 0.6 is 0 Å². The van der Waals surface area contributed by atoms with E-state index in [0.717, 1.165) is 25.1 Å². The number of carbonyl (C=O) groups is 1. The second kappa shape index (κ2) is 9.00. The van der Waals surface area contributed by atoms with Crippen molar-refractivity contribution in [1.82, 2.24) is 4.90 Å². The summed E-state index contributed by atoms with van der Waals surface area (Å²) < 4.78 is 5.27. The quantitative estimate of drug-likeness (QED) is 0.697. The lowest BCUT2D eigenvalue weighted by atomic mass is 10.2. The molecule has 0 aliphatic rings. The zero-order valence-electron chi connectivity index (χ0n) is 13.1. The molecule has 0 N–H and O–H groups in total. The van der Waals surface area contributed by atoms with Crippen molar-refractivity contribution in [3.63, 3.8) is 0 Å². The van der Waals surface area contributed by atoms with Crippen LogP contribution in [-0.2, 0) is 22.7 Å². The Balaban J connectivity index is 1.60. The van der Waals surface area contributed by atoms with Gasteiger partial charge in [-0.1, -0.05) is 60.7 Å². The first-order valence-electron chi connectivity index (χ1n) is 7.66. The second-order valence-electron chi connectivity index (χ2n) is 5.47. The van der Waals surface area contributed by atoms with Crippen LogP contribution in [0, 0.1) is 0 Å². The van der Waals surface area contributed by atoms with Crippen LogP contribution in [-0.4, -0.2) is 24.5 Å². The van der Waals surface area contributed by atoms with Gasteiger partial charge in [0.15, 0.2) is 0 Å². The minimum Gasteiger partial charge on any atom is -0.461 e. The SMILES string of the molecule is CN(CCCC(=O)OCc1ccccc1)Cc1ccccc1. The fraction of sp³-hybridized carbons (Fsp3) is 0.316. The molecule has 0 amide bonds. The molecule has 2 aromatic rings. The summed E-state index contributed by atoms with van der Waals surface area (Å²) >= 11 is 0. The monoisotopic (exact) mass is 297 g/mol. The van der Waals surface area contributed by atoms with Crippen LogP contribution in [0.5, 0.6) is 0 Å². The largest absolute Gasteiger partial charge is 0.461 e. The highest BCUT2D eigenvalue weighted by atomic mass is 16.5. The van der Waals surface area contributed by atoms with Crippen molar-refractivity contribution in [3.8, 4) is 0 Å². The molecule has 0 radical (unpaired) electrons. The van der Waals surface area contributed by atoms with E-state index < -0.39 is 0 Å². The Morgan fingerprint density at radius 3 is 2.18 bits per heavy atom. The van der Waals surface area contributed by atoms with Gasteiger partial charge in [0.05, 0.1) is 0 Å². The number of hydrogen-bond donors (Lipinski definition) is 0. The van der Waals surface area contributed by atoms with Crippen LogP contribution in [0.2, 0.25) is 0 Å². The third kappa shape index (κ3) is 6.10. The van der Waals surface area contributed by atoms with Gasteiger partial charge in [-0.25, -0.2) is 0 Å². The first-order chi connectivity index (χ1) is 10.7. The second-order valence-corrected chi connectivity index (χ2v) is 5.47. The minimum atomic E-state index is -0.128. The Bertz CT molecular complexity index is 554. The van der Waals surface area contributed by atoms with Gasteiger partial charge in [-0.05, 0) is 31.1 Å². The van der Waals surface area contributed by atoms with E-state index in [0.29, 0.717) is 13.0 Å². The predicted molar refractivity (Wildman–Crippen MR) is 88.2 cm³/mol. The molecule has 0 aromatic heterocycles. The van der Waals surface area contributed by atoms with Crippen LogP contribution < -0.4 is 0 Å². The van der Waals surface area contributed by atoms with E-state index in [1.54, 1.807) is 0 Å². The summed E-state index contributed by atoms with van der Waals surface area (Å²) in [5.74, 6) is -0.128. The van der Waals surface area contributed by atoms with Crippen molar-refractivity contribution >= 4 is 5.97 Å². The highest BCUT2D eigenvalue weighted by molar-refractivity contribution is 5.69. The molecule has 116 valence electrons. The van der Waals surface area contributed by atoms with Gasteiger partial charge in [0.1, 0.15) is 6.61 Å². The summed E-state index contributed by atoms with van der Waals surface area (Å²) in [6, 6.07) is 20.1. The lowest BCUT2D eigenvalue weighted by molar-refractivity contribution is -0.145. The molecule has 2 rings (SSSR count). The molecule has 22 heavy (non-hydrogen) atoms. The fourth-order valence-corrected chi connectivity index (χ4v) is 2.28. The number of esters is 1. The van der Waals surface area contributed by atoms with E-state index in [2.05, 4.69) is 24.1 Å². The highest BCUT2D eigenvalue weighted by Crippen LogP contribution is 2.05. The number of carbonyl (C=O) groups excluding carboxylic acids is 1. The lowest BCUT2D eigenvalue weighted by Crippen LogP contribution is -2.20. The van der Waals surface area contributed by atoms with Gasteiger partial charge in [-0.3, -0.25) is 4.79 Å². The van der Waals surface area contributed by atoms with Gasteiger partial charge in [0, 0.05) is 13.0 Å². The zero-order chi connectivity index (χ0) is 15.6. The molecule has 0 spiro atoms. The Morgan fingerprint density at radius 1 is 0.955 bits per heavy atom. The molecule has 0 unspecified atom stereocenters. The molecular formula is C19H23NO2. The smallest absolute Gasteiger partial charge is 0.306 e.